The van der Waals surface area contributed by atoms with Crippen LogP contribution in [0.15, 0.2) is 6.07 Å². The molecule has 2 heterocycles. The average Bonchev–Trinajstić information content (AvgIpc) is 2.80. The van der Waals surface area contributed by atoms with Crippen LogP contribution in [0.1, 0.15) is 31.9 Å². The van der Waals surface area contributed by atoms with Gasteiger partial charge < -0.3 is 5.11 Å². The highest BCUT2D eigenvalue weighted by Crippen LogP contribution is 2.40. The van der Waals surface area contributed by atoms with Crippen LogP contribution in [-0.2, 0) is 4.79 Å². The quantitative estimate of drug-likeness (QED) is 0.920. The molecule has 0 saturated carbocycles. The highest BCUT2D eigenvalue weighted by molar-refractivity contribution is 7.20. The number of carboxylic acids is 1. The van der Waals surface area contributed by atoms with Gasteiger partial charge in [-0.3, -0.25) is 9.69 Å². The van der Waals surface area contributed by atoms with Gasteiger partial charge in [0.1, 0.15) is 6.04 Å². The molecular formula is C12H15Cl2NO2S. The van der Waals surface area contributed by atoms with Crippen LogP contribution in [0.3, 0.4) is 0 Å². The third kappa shape index (κ3) is 2.52. The van der Waals surface area contributed by atoms with E-state index < -0.39 is 12.0 Å². The van der Waals surface area contributed by atoms with Crippen molar-refractivity contribution in [1.82, 2.24) is 4.90 Å². The maximum absolute atomic E-state index is 11.4. The largest absolute Gasteiger partial charge is 0.480 e. The molecule has 18 heavy (non-hydrogen) atoms. The molecule has 0 aliphatic carbocycles. The van der Waals surface area contributed by atoms with Crippen molar-refractivity contribution in [3.05, 3.63) is 20.3 Å². The Morgan fingerprint density at radius 3 is 2.78 bits per heavy atom. The molecule has 1 fully saturated rings. The molecule has 3 unspecified atom stereocenters. The second-order valence-corrected chi connectivity index (χ2v) is 7.03. The van der Waals surface area contributed by atoms with Gasteiger partial charge in [-0.05, 0) is 31.9 Å². The number of nitrogens with zero attached hydrogens (tertiary/aromatic N) is 1. The summed E-state index contributed by atoms with van der Waals surface area (Å²) in [4.78, 5) is 13.3. The summed E-state index contributed by atoms with van der Waals surface area (Å²) in [5.74, 6) is -0.595. The summed E-state index contributed by atoms with van der Waals surface area (Å²) in [5, 5.41) is 9.33. The third-order valence-electron chi connectivity index (χ3n) is 3.62. The predicted octanol–water partition coefficient (Wildman–Crippen LogP) is 3.91. The first-order valence-electron chi connectivity index (χ1n) is 5.85. The van der Waals surface area contributed by atoms with Gasteiger partial charge in [0.2, 0.25) is 0 Å². The zero-order valence-corrected chi connectivity index (χ0v) is 12.5. The zero-order chi connectivity index (χ0) is 13.4. The molecule has 3 atom stereocenters. The first-order valence-corrected chi connectivity index (χ1v) is 7.42. The zero-order valence-electron chi connectivity index (χ0n) is 10.2. The van der Waals surface area contributed by atoms with Gasteiger partial charge in [0.05, 0.1) is 8.67 Å². The van der Waals surface area contributed by atoms with Crippen LogP contribution in [-0.4, -0.2) is 28.6 Å². The molecule has 0 radical (unpaired) electrons. The lowest BCUT2D eigenvalue weighted by Gasteiger charge is -2.29. The Labute approximate surface area is 120 Å². The fourth-order valence-electron chi connectivity index (χ4n) is 2.61. The summed E-state index contributed by atoms with van der Waals surface area (Å²) in [5.41, 5.74) is 0.923. The molecule has 1 saturated heterocycles. The molecule has 6 heteroatoms. The molecule has 1 aromatic heterocycles. The van der Waals surface area contributed by atoms with E-state index in [0.717, 1.165) is 18.5 Å². The van der Waals surface area contributed by atoms with E-state index in [-0.39, 0.29) is 12.0 Å². The van der Waals surface area contributed by atoms with Crippen LogP contribution in [0.2, 0.25) is 8.67 Å². The van der Waals surface area contributed by atoms with Crippen molar-refractivity contribution in [2.24, 2.45) is 5.92 Å². The summed E-state index contributed by atoms with van der Waals surface area (Å²) < 4.78 is 1.29. The van der Waals surface area contributed by atoms with Crippen LogP contribution in [0.25, 0.3) is 0 Å². The topological polar surface area (TPSA) is 40.5 Å². The van der Waals surface area contributed by atoms with Gasteiger partial charge in [-0.1, -0.05) is 30.1 Å². The Bertz CT molecular complexity index is 463. The van der Waals surface area contributed by atoms with Crippen molar-refractivity contribution in [3.63, 3.8) is 0 Å². The van der Waals surface area contributed by atoms with Crippen molar-refractivity contribution in [3.8, 4) is 0 Å². The van der Waals surface area contributed by atoms with Gasteiger partial charge in [-0.15, -0.1) is 11.3 Å². The fourth-order valence-corrected chi connectivity index (χ4v) is 4.25. The van der Waals surface area contributed by atoms with Gasteiger partial charge in [0.25, 0.3) is 0 Å². The monoisotopic (exact) mass is 307 g/mol. The minimum absolute atomic E-state index is 0.0210. The number of thiophene rings is 1. The lowest BCUT2D eigenvalue weighted by atomic mass is 10.0. The molecule has 1 aromatic rings. The molecule has 1 N–H and O–H groups in total. The molecule has 1 aliphatic heterocycles. The fraction of sp³-hybridized carbons (Fsp3) is 0.583. The molecule has 0 aromatic carbocycles. The number of hydrogen-bond donors (Lipinski definition) is 1. The van der Waals surface area contributed by atoms with E-state index in [2.05, 4.69) is 0 Å². The van der Waals surface area contributed by atoms with Gasteiger partial charge in [-0.25, -0.2) is 0 Å². The second kappa shape index (κ2) is 5.37. The standard InChI is InChI=1S/C12H15Cl2NO2S/c1-6-3-4-15(10(6)12(16)17)7(2)8-5-9(13)18-11(8)14/h5-7,10H,3-4H2,1-2H3,(H,16,17). The lowest BCUT2D eigenvalue weighted by Crippen LogP contribution is -2.40. The number of hydrogen-bond acceptors (Lipinski definition) is 3. The summed E-state index contributed by atoms with van der Waals surface area (Å²) in [6.07, 6.45) is 0.900. The number of carboxylic acid groups (broad SMARTS) is 1. The number of rotatable bonds is 3. The maximum atomic E-state index is 11.4. The molecular weight excluding hydrogens is 293 g/mol. The van der Waals surface area contributed by atoms with Crippen LogP contribution >= 0.6 is 34.5 Å². The van der Waals surface area contributed by atoms with Gasteiger partial charge in [0, 0.05) is 11.6 Å². The van der Waals surface area contributed by atoms with Crippen LogP contribution in [0.5, 0.6) is 0 Å². The Hall–Kier alpha value is -0.290. The van der Waals surface area contributed by atoms with Crippen LogP contribution < -0.4 is 0 Å². The normalized spacial score (nSPS) is 26.4. The predicted molar refractivity (Wildman–Crippen MR) is 74.7 cm³/mol. The Balaban J connectivity index is 2.26. The van der Waals surface area contributed by atoms with Crippen molar-refractivity contribution in [2.75, 3.05) is 6.54 Å². The van der Waals surface area contributed by atoms with E-state index in [4.69, 9.17) is 23.2 Å². The summed E-state index contributed by atoms with van der Waals surface area (Å²) in [6.45, 7) is 4.75. The molecule has 2 rings (SSSR count). The van der Waals surface area contributed by atoms with Crippen LogP contribution in [0, 0.1) is 5.92 Å². The number of carbonyl (C=O) groups is 1. The highest BCUT2D eigenvalue weighted by Gasteiger charge is 2.40. The van der Waals surface area contributed by atoms with Gasteiger partial charge >= 0.3 is 5.97 Å². The van der Waals surface area contributed by atoms with E-state index in [1.165, 1.54) is 11.3 Å². The van der Waals surface area contributed by atoms with Crippen molar-refractivity contribution >= 4 is 40.5 Å². The molecule has 3 nitrogen and oxygen atoms in total. The molecule has 1 aliphatic rings. The van der Waals surface area contributed by atoms with Crippen molar-refractivity contribution in [1.29, 1.82) is 0 Å². The smallest absolute Gasteiger partial charge is 0.321 e. The van der Waals surface area contributed by atoms with E-state index in [0.29, 0.717) is 8.67 Å². The summed E-state index contributed by atoms with van der Waals surface area (Å²) in [7, 11) is 0. The Kier molecular flexibility index (Phi) is 4.22. The van der Waals surface area contributed by atoms with Crippen molar-refractivity contribution in [2.45, 2.75) is 32.4 Å². The van der Waals surface area contributed by atoms with E-state index in [1.54, 1.807) is 0 Å². The molecule has 100 valence electrons. The molecule has 0 amide bonds. The number of halogens is 2. The minimum Gasteiger partial charge on any atom is -0.480 e. The third-order valence-corrected chi connectivity index (χ3v) is 5.14. The second-order valence-electron chi connectivity index (χ2n) is 4.74. The van der Waals surface area contributed by atoms with E-state index in [9.17, 15) is 9.90 Å². The van der Waals surface area contributed by atoms with E-state index >= 15 is 0 Å². The van der Waals surface area contributed by atoms with Gasteiger partial charge in [0.15, 0.2) is 0 Å². The highest BCUT2D eigenvalue weighted by atomic mass is 35.5. The number of aliphatic carboxylic acids is 1. The molecule has 0 bridgehead atoms. The van der Waals surface area contributed by atoms with Crippen molar-refractivity contribution < 1.29 is 9.90 Å². The average molecular weight is 308 g/mol. The molecule has 0 spiro atoms. The first kappa shape index (κ1) is 14.1. The van der Waals surface area contributed by atoms with Crippen LogP contribution in [0.4, 0.5) is 0 Å². The Morgan fingerprint density at radius 1 is 1.61 bits per heavy atom. The SMILES string of the molecule is CC1CCN(C(C)c2cc(Cl)sc2Cl)C1C(=O)O. The summed E-state index contributed by atoms with van der Waals surface area (Å²) in [6, 6.07) is 1.38. The minimum atomic E-state index is -0.760. The van der Waals surface area contributed by atoms with Gasteiger partial charge in [-0.2, -0.15) is 0 Å². The Morgan fingerprint density at radius 2 is 2.28 bits per heavy atom. The maximum Gasteiger partial charge on any atom is 0.321 e. The lowest BCUT2D eigenvalue weighted by molar-refractivity contribution is -0.144. The number of likely N-dealkylation sites (tertiary alicyclic amines) is 1. The first-order chi connectivity index (χ1) is 8.41. The summed E-state index contributed by atoms with van der Waals surface area (Å²) >= 11 is 13.4. The van der Waals surface area contributed by atoms with E-state index in [1.807, 2.05) is 24.8 Å².